The lowest BCUT2D eigenvalue weighted by Gasteiger charge is -2.17. The number of benzene rings is 3. The SMILES string of the molecule is C=CC(=O)OCC(COc1ccc(C(=O)Oc2ccc(OC(=O)c3ccc(OCCCCCCCCO)cc3)cc2)cc1)OC(=O)C=C. The summed E-state index contributed by atoms with van der Waals surface area (Å²) in [4.78, 5) is 48.2. The van der Waals surface area contributed by atoms with Gasteiger partial charge in [0.1, 0.15) is 36.2 Å². The van der Waals surface area contributed by atoms with Gasteiger partial charge in [0, 0.05) is 18.8 Å². The second-order valence-corrected chi connectivity index (χ2v) is 10.4. The topological polar surface area (TPSA) is 144 Å². The zero-order valence-electron chi connectivity index (χ0n) is 26.7. The molecule has 0 aliphatic rings. The number of carbonyl (C=O) groups excluding carboxylic acids is 4. The maximum Gasteiger partial charge on any atom is 0.343 e. The van der Waals surface area contributed by atoms with E-state index in [0.717, 1.165) is 50.7 Å². The normalized spacial score (nSPS) is 11.0. The zero-order valence-corrected chi connectivity index (χ0v) is 26.7. The molecule has 11 nitrogen and oxygen atoms in total. The van der Waals surface area contributed by atoms with Gasteiger partial charge in [-0.3, -0.25) is 0 Å². The number of aliphatic hydroxyl groups is 1. The lowest BCUT2D eigenvalue weighted by atomic mass is 10.1. The van der Waals surface area contributed by atoms with Gasteiger partial charge in [0.2, 0.25) is 0 Å². The van der Waals surface area contributed by atoms with Gasteiger partial charge in [-0.15, -0.1) is 0 Å². The molecule has 0 heterocycles. The number of ether oxygens (including phenoxy) is 6. The molecule has 3 aromatic carbocycles. The molecule has 0 aliphatic heterocycles. The zero-order chi connectivity index (χ0) is 34.6. The minimum atomic E-state index is -0.898. The summed E-state index contributed by atoms with van der Waals surface area (Å²) in [6.07, 6.45) is 7.19. The molecule has 0 saturated heterocycles. The molecule has 0 saturated carbocycles. The van der Waals surface area contributed by atoms with Crippen LogP contribution in [0.25, 0.3) is 0 Å². The number of esters is 4. The average Bonchev–Trinajstić information content (AvgIpc) is 3.11. The third kappa shape index (κ3) is 13.5. The van der Waals surface area contributed by atoms with Gasteiger partial charge in [-0.2, -0.15) is 0 Å². The third-order valence-corrected chi connectivity index (χ3v) is 6.71. The molecule has 3 rings (SSSR count). The highest BCUT2D eigenvalue weighted by Gasteiger charge is 2.17. The fourth-order valence-corrected chi connectivity index (χ4v) is 4.14. The Morgan fingerprint density at radius 1 is 0.583 bits per heavy atom. The second-order valence-electron chi connectivity index (χ2n) is 10.4. The van der Waals surface area contributed by atoms with Crippen LogP contribution in [0, 0.1) is 0 Å². The van der Waals surface area contributed by atoms with Crippen LogP contribution in [0.4, 0.5) is 0 Å². The van der Waals surface area contributed by atoms with E-state index < -0.39 is 30.0 Å². The minimum Gasteiger partial charge on any atom is -0.494 e. The van der Waals surface area contributed by atoms with Crippen molar-refractivity contribution in [2.45, 2.75) is 44.6 Å². The molecule has 254 valence electrons. The van der Waals surface area contributed by atoms with Crippen LogP contribution >= 0.6 is 0 Å². The van der Waals surface area contributed by atoms with Gasteiger partial charge < -0.3 is 33.5 Å². The number of unbranched alkanes of at least 4 members (excludes halogenated alkanes) is 5. The quantitative estimate of drug-likeness (QED) is 0.0618. The summed E-state index contributed by atoms with van der Waals surface area (Å²) in [7, 11) is 0. The van der Waals surface area contributed by atoms with Crippen molar-refractivity contribution in [1.82, 2.24) is 0 Å². The highest BCUT2D eigenvalue weighted by Crippen LogP contribution is 2.22. The number of carbonyl (C=O) groups is 4. The van der Waals surface area contributed by atoms with Crippen molar-refractivity contribution in [2.24, 2.45) is 0 Å². The van der Waals surface area contributed by atoms with Crippen molar-refractivity contribution in [3.05, 3.63) is 109 Å². The highest BCUT2D eigenvalue weighted by atomic mass is 16.6. The molecular formula is C37H40O11. The summed E-state index contributed by atoms with van der Waals surface area (Å²) in [6.45, 7) is 7.11. The van der Waals surface area contributed by atoms with Crippen molar-refractivity contribution < 1.29 is 52.7 Å². The van der Waals surface area contributed by atoms with Crippen molar-refractivity contribution in [2.75, 3.05) is 26.4 Å². The smallest absolute Gasteiger partial charge is 0.343 e. The molecule has 0 bridgehead atoms. The monoisotopic (exact) mass is 660 g/mol. The van der Waals surface area contributed by atoms with Crippen LogP contribution in [-0.4, -0.2) is 61.5 Å². The molecule has 0 aromatic heterocycles. The summed E-state index contributed by atoms with van der Waals surface area (Å²) in [5.41, 5.74) is 0.604. The molecule has 0 spiro atoms. The molecule has 0 fully saturated rings. The molecule has 1 unspecified atom stereocenters. The Bertz CT molecular complexity index is 1480. The predicted molar refractivity (Wildman–Crippen MR) is 176 cm³/mol. The van der Waals surface area contributed by atoms with Crippen molar-refractivity contribution in [1.29, 1.82) is 0 Å². The van der Waals surface area contributed by atoms with Crippen LogP contribution in [-0.2, 0) is 19.1 Å². The molecule has 0 amide bonds. The van der Waals surface area contributed by atoms with Gasteiger partial charge in [0.25, 0.3) is 0 Å². The minimum absolute atomic E-state index is 0.126. The summed E-state index contributed by atoms with van der Waals surface area (Å²) >= 11 is 0. The second kappa shape index (κ2) is 20.7. The molecule has 1 N–H and O–H groups in total. The fourth-order valence-electron chi connectivity index (χ4n) is 4.14. The average molecular weight is 661 g/mol. The summed E-state index contributed by atoms with van der Waals surface area (Å²) < 4.78 is 32.3. The van der Waals surface area contributed by atoms with E-state index in [0.29, 0.717) is 23.7 Å². The maximum atomic E-state index is 12.7. The van der Waals surface area contributed by atoms with Gasteiger partial charge >= 0.3 is 23.9 Å². The van der Waals surface area contributed by atoms with Crippen LogP contribution in [0.5, 0.6) is 23.0 Å². The highest BCUT2D eigenvalue weighted by molar-refractivity contribution is 5.92. The number of rotatable bonds is 21. The van der Waals surface area contributed by atoms with E-state index in [4.69, 9.17) is 33.5 Å². The molecule has 3 aromatic rings. The van der Waals surface area contributed by atoms with E-state index in [9.17, 15) is 19.2 Å². The first-order valence-corrected chi connectivity index (χ1v) is 15.5. The van der Waals surface area contributed by atoms with Crippen LogP contribution in [0.15, 0.2) is 98.1 Å². The summed E-state index contributed by atoms with van der Waals surface area (Å²) in [6, 6.07) is 18.8. The number of aliphatic hydroxyl groups excluding tert-OH is 1. The van der Waals surface area contributed by atoms with Crippen LogP contribution in [0.1, 0.15) is 59.2 Å². The first-order valence-electron chi connectivity index (χ1n) is 15.5. The van der Waals surface area contributed by atoms with E-state index in [1.165, 1.54) is 48.5 Å². The van der Waals surface area contributed by atoms with Crippen LogP contribution < -0.4 is 18.9 Å². The van der Waals surface area contributed by atoms with E-state index in [1.54, 1.807) is 24.3 Å². The Morgan fingerprint density at radius 3 is 1.54 bits per heavy atom. The Labute approximate surface area is 279 Å². The fraction of sp³-hybridized carbons (Fsp3) is 0.297. The van der Waals surface area contributed by atoms with Gasteiger partial charge in [-0.25, -0.2) is 19.2 Å². The van der Waals surface area contributed by atoms with E-state index in [2.05, 4.69) is 13.2 Å². The van der Waals surface area contributed by atoms with E-state index >= 15 is 0 Å². The maximum absolute atomic E-state index is 12.7. The van der Waals surface area contributed by atoms with E-state index in [-0.39, 0.29) is 36.9 Å². The lowest BCUT2D eigenvalue weighted by Crippen LogP contribution is -2.30. The van der Waals surface area contributed by atoms with Crippen LogP contribution in [0.2, 0.25) is 0 Å². The van der Waals surface area contributed by atoms with E-state index in [1.807, 2.05) is 0 Å². The number of hydrogen-bond acceptors (Lipinski definition) is 11. The summed E-state index contributed by atoms with van der Waals surface area (Å²) in [5.74, 6) is -0.992. The first-order chi connectivity index (χ1) is 23.3. The van der Waals surface area contributed by atoms with Crippen molar-refractivity contribution in [3.8, 4) is 23.0 Å². The van der Waals surface area contributed by atoms with Crippen molar-refractivity contribution in [3.63, 3.8) is 0 Å². The third-order valence-electron chi connectivity index (χ3n) is 6.71. The Morgan fingerprint density at radius 2 is 1.04 bits per heavy atom. The Balaban J connectivity index is 1.43. The van der Waals surface area contributed by atoms with Gasteiger partial charge in [-0.05, 0) is 85.6 Å². The molecule has 0 aliphatic carbocycles. The van der Waals surface area contributed by atoms with Crippen LogP contribution in [0.3, 0.4) is 0 Å². The molecule has 1 atom stereocenters. The van der Waals surface area contributed by atoms with Gasteiger partial charge in [-0.1, -0.05) is 38.8 Å². The Kier molecular flexibility index (Phi) is 15.9. The molecule has 0 radical (unpaired) electrons. The lowest BCUT2D eigenvalue weighted by molar-refractivity contribution is -0.154. The summed E-state index contributed by atoms with van der Waals surface area (Å²) in [5, 5.41) is 8.81. The predicted octanol–water partition coefficient (Wildman–Crippen LogP) is 6.04. The first kappa shape index (κ1) is 37.0. The van der Waals surface area contributed by atoms with Gasteiger partial charge in [0.05, 0.1) is 17.7 Å². The molecule has 11 heteroatoms. The standard InChI is InChI=1S/C37H40O11/c1-3-34(39)45-26-33(46-35(40)4-2)25-44-30-17-13-28(14-18-30)37(42)48-32-21-19-31(20-22-32)47-36(41)27-11-15-29(16-12-27)43-24-10-8-6-5-7-9-23-38/h3-4,11-22,33,38H,1-2,5-10,23-26H2. The largest absolute Gasteiger partial charge is 0.494 e. The molecular weight excluding hydrogens is 620 g/mol. The molecule has 48 heavy (non-hydrogen) atoms. The van der Waals surface area contributed by atoms with Crippen molar-refractivity contribution >= 4 is 23.9 Å². The van der Waals surface area contributed by atoms with Gasteiger partial charge in [0.15, 0.2) is 6.10 Å². The Hall–Kier alpha value is -5.42. The number of hydrogen-bond donors (Lipinski definition) is 1.